The molecular formula is C25H27N5O. The number of anilines is 1. The van der Waals surface area contributed by atoms with Crippen LogP contribution in [-0.4, -0.2) is 46.1 Å². The smallest absolute Gasteiger partial charge is 0.232 e. The maximum atomic E-state index is 13.6. The Kier molecular flexibility index (Phi) is 5.30. The minimum atomic E-state index is -0.159. The lowest BCUT2D eigenvalue weighted by atomic mass is 9.79. The fourth-order valence-electron chi connectivity index (χ4n) is 4.77. The number of likely N-dealkylation sites (tertiary alicyclic amines) is 1. The van der Waals surface area contributed by atoms with E-state index in [4.69, 9.17) is 0 Å². The van der Waals surface area contributed by atoms with Gasteiger partial charge in [0.15, 0.2) is 0 Å². The van der Waals surface area contributed by atoms with Crippen LogP contribution in [0.3, 0.4) is 0 Å². The first kappa shape index (κ1) is 19.6. The Morgan fingerprint density at radius 1 is 1.10 bits per heavy atom. The molecular weight excluding hydrogens is 386 g/mol. The van der Waals surface area contributed by atoms with Crippen LogP contribution in [0.1, 0.15) is 24.3 Å². The summed E-state index contributed by atoms with van der Waals surface area (Å²) in [5.41, 5.74) is 4.92. The summed E-state index contributed by atoms with van der Waals surface area (Å²) >= 11 is 0. The van der Waals surface area contributed by atoms with E-state index in [1.54, 1.807) is 6.20 Å². The highest BCUT2D eigenvalue weighted by atomic mass is 16.1. The molecule has 2 aromatic heterocycles. The van der Waals surface area contributed by atoms with E-state index < -0.39 is 0 Å². The van der Waals surface area contributed by atoms with Gasteiger partial charge in [0.1, 0.15) is 0 Å². The number of nitrogens with zero attached hydrogens (tertiary/aromatic N) is 2. The molecule has 1 fully saturated rings. The van der Waals surface area contributed by atoms with Crippen molar-refractivity contribution in [2.45, 2.75) is 18.8 Å². The summed E-state index contributed by atoms with van der Waals surface area (Å²) in [7, 11) is 2.15. The Morgan fingerprint density at radius 3 is 2.65 bits per heavy atom. The second kappa shape index (κ2) is 8.40. The van der Waals surface area contributed by atoms with Gasteiger partial charge in [-0.2, -0.15) is 5.10 Å². The zero-order valence-electron chi connectivity index (χ0n) is 17.6. The highest BCUT2D eigenvalue weighted by Crippen LogP contribution is 2.36. The number of benzene rings is 2. The van der Waals surface area contributed by atoms with Crippen LogP contribution < -0.4 is 5.32 Å². The fraction of sp³-hybridized carbons (Fsp3) is 0.280. The predicted molar refractivity (Wildman–Crippen MR) is 124 cm³/mol. The topological polar surface area (TPSA) is 76.8 Å². The molecule has 158 valence electrons. The lowest BCUT2D eigenvalue weighted by Crippen LogP contribution is -2.36. The standard InChI is InChI=1S/C25H27N5O/c1-30-12-10-18(11-13-30)23(17-6-3-2-4-7-17)25(31)29-22-9-5-8-20-21(16-26-24(20)22)19-14-27-28-15-19/h2-9,14-16,18,23,26H,10-13H2,1H3,(H,27,28)(H,29,31)/t23-/m1/s1. The molecule has 31 heavy (non-hydrogen) atoms. The second-order valence-electron chi connectivity index (χ2n) is 8.44. The molecule has 0 spiro atoms. The average Bonchev–Trinajstić information content (AvgIpc) is 3.46. The lowest BCUT2D eigenvalue weighted by molar-refractivity contribution is -0.119. The van der Waals surface area contributed by atoms with E-state index in [-0.39, 0.29) is 11.8 Å². The van der Waals surface area contributed by atoms with E-state index >= 15 is 0 Å². The molecule has 6 heteroatoms. The quantitative estimate of drug-likeness (QED) is 0.447. The van der Waals surface area contributed by atoms with Crippen molar-refractivity contribution in [2.24, 2.45) is 5.92 Å². The molecule has 6 nitrogen and oxygen atoms in total. The largest absolute Gasteiger partial charge is 0.359 e. The highest BCUT2D eigenvalue weighted by molar-refractivity contribution is 6.07. The van der Waals surface area contributed by atoms with Crippen LogP contribution in [-0.2, 0) is 4.79 Å². The third-order valence-corrected chi connectivity index (χ3v) is 6.46. The predicted octanol–water partition coefficient (Wildman–Crippen LogP) is 4.62. The first-order valence-electron chi connectivity index (χ1n) is 10.8. The number of aromatic nitrogens is 3. The monoisotopic (exact) mass is 413 g/mol. The molecule has 3 heterocycles. The number of fused-ring (bicyclic) bond motifs is 1. The Bertz CT molecular complexity index is 1160. The molecule has 2 aromatic carbocycles. The van der Waals surface area contributed by atoms with Gasteiger partial charge in [-0.05, 0) is 50.5 Å². The van der Waals surface area contributed by atoms with Gasteiger partial charge in [-0.3, -0.25) is 9.89 Å². The van der Waals surface area contributed by atoms with Crippen LogP contribution in [0, 0.1) is 5.92 Å². The van der Waals surface area contributed by atoms with Gasteiger partial charge >= 0.3 is 0 Å². The number of piperidine rings is 1. The Labute approximate surface area is 181 Å². The number of aromatic amines is 2. The number of amides is 1. The molecule has 4 aromatic rings. The maximum Gasteiger partial charge on any atom is 0.232 e. The summed E-state index contributed by atoms with van der Waals surface area (Å²) in [6.07, 6.45) is 7.71. The number of H-pyrrole nitrogens is 2. The number of rotatable bonds is 5. The molecule has 1 atom stereocenters. The van der Waals surface area contributed by atoms with Gasteiger partial charge in [0.05, 0.1) is 23.3 Å². The number of hydrogen-bond acceptors (Lipinski definition) is 3. The zero-order valence-corrected chi connectivity index (χ0v) is 17.6. The maximum absolute atomic E-state index is 13.6. The van der Waals surface area contributed by atoms with Crippen LogP contribution in [0.25, 0.3) is 22.0 Å². The van der Waals surface area contributed by atoms with Gasteiger partial charge in [0, 0.05) is 28.9 Å². The third kappa shape index (κ3) is 3.86. The highest BCUT2D eigenvalue weighted by Gasteiger charge is 2.32. The lowest BCUT2D eigenvalue weighted by Gasteiger charge is -2.34. The van der Waals surface area contributed by atoms with Crippen molar-refractivity contribution in [2.75, 3.05) is 25.5 Å². The zero-order chi connectivity index (χ0) is 21.2. The molecule has 3 N–H and O–H groups in total. The summed E-state index contributed by atoms with van der Waals surface area (Å²) in [4.78, 5) is 19.3. The van der Waals surface area contributed by atoms with Gasteiger partial charge < -0.3 is 15.2 Å². The number of carbonyl (C=O) groups is 1. The number of hydrogen-bond donors (Lipinski definition) is 3. The summed E-state index contributed by atoms with van der Waals surface area (Å²) in [5, 5.41) is 11.2. The normalized spacial score (nSPS) is 16.4. The molecule has 1 aliphatic heterocycles. The number of carbonyl (C=O) groups excluding carboxylic acids is 1. The van der Waals surface area contributed by atoms with Gasteiger partial charge in [-0.25, -0.2) is 0 Å². The Hall–Kier alpha value is -3.38. The van der Waals surface area contributed by atoms with Crippen LogP contribution in [0.2, 0.25) is 0 Å². The van der Waals surface area contributed by atoms with Crippen LogP contribution >= 0.6 is 0 Å². The Balaban J connectivity index is 1.46. The first-order chi connectivity index (χ1) is 15.2. The van der Waals surface area contributed by atoms with Gasteiger partial charge in [0.2, 0.25) is 5.91 Å². The van der Waals surface area contributed by atoms with Crippen molar-refractivity contribution in [3.8, 4) is 11.1 Å². The second-order valence-corrected chi connectivity index (χ2v) is 8.44. The SMILES string of the molecule is CN1CCC([C@H](C(=O)Nc2cccc3c(-c4cn[nH]c4)c[nH]c23)c2ccccc2)CC1. The molecule has 0 unspecified atom stereocenters. The molecule has 1 amide bonds. The Morgan fingerprint density at radius 2 is 1.90 bits per heavy atom. The molecule has 0 radical (unpaired) electrons. The van der Waals surface area contributed by atoms with E-state index in [1.165, 1.54) is 0 Å². The van der Waals surface area contributed by atoms with Crippen molar-refractivity contribution in [3.05, 3.63) is 72.7 Å². The molecule has 5 rings (SSSR count). The summed E-state index contributed by atoms with van der Waals surface area (Å²) in [6, 6.07) is 16.2. The van der Waals surface area contributed by atoms with E-state index in [0.717, 1.165) is 59.2 Å². The van der Waals surface area contributed by atoms with Crippen molar-refractivity contribution >= 4 is 22.5 Å². The van der Waals surface area contributed by atoms with E-state index in [1.807, 2.05) is 42.7 Å². The first-order valence-corrected chi connectivity index (χ1v) is 10.8. The average molecular weight is 414 g/mol. The van der Waals surface area contributed by atoms with Crippen molar-refractivity contribution < 1.29 is 4.79 Å². The minimum absolute atomic E-state index is 0.0627. The van der Waals surface area contributed by atoms with Gasteiger partial charge in [0.25, 0.3) is 0 Å². The molecule has 0 saturated carbocycles. The van der Waals surface area contributed by atoms with Gasteiger partial charge in [-0.15, -0.1) is 0 Å². The van der Waals surface area contributed by atoms with Crippen LogP contribution in [0.5, 0.6) is 0 Å². The minimum Gasteiger partial charge on any atom is -0.359 e. The number of para-hydroxylation sites is 1. The summed E-state index contributed by atoms with van der Waals surface area (Å²) < 4.78 is 0. The molecule has 1 saturated heterocycles. The van der Waals surface area contributed by atoms with E-state index in [0.29, 0.717) is 5.92 Å². The van der Waals surface area contributed by atoms with E-state index in [2.05, 4.69) is 50.6 Å². The summed E-state index contributed by atoms with van der Waals surface area (Å²) in [6.45, 7) is 2.06. The number of nitrogens with one attached hydrogen (secondary N) is 3. The van der Waals surface area contributed by atoms with Gasteiger partial charge in [-0.1, -0.05) is 42.5 Å². The van der Waals surface area contributed by atoms with Crippen LogP contribution in [0.4, 0.5) is 5.69 Å². The fourth-order valence-corrected chi connectivity index (χ4v) is 4.77. The third-order valence-electron chi connectivity index (χ3n) is 6.46. The molecule has 0 bridgehead atoms. The van der Waals surface area contributed by atoms with E-state index in [9.17, 15) is 4.79 Å². The molecule has 0 aliphatic carbocycles. The summed E-state index contributed by atoms with van der Waals surface area (Å²) in [5.74, 6) is 0.240. The van der Waals surface area contributed by atoms with Crippen LogP contribution in [0.15, 0.2) is 67.1 Å². The van der Waals surface area contributed by atoms with Crippen molar-refractivity contribution in [3.63, 3.8) is 0 Å². The molecule has 1 aliphatic rings. The van der Waals surface area contributed by atoms with Crippen molar-refractivity contribution in [1.29, 1.82) is 0 Å². The van der Waals surface area contributed by atoms with Crippen molar-refractivity contribution in [1.82, 2.24) is 20.1 Å².